The SMILES string of the molecule is Cc1cc(-n2cc(C(=O)O)c(=O)[nH]c2=O)ccc1F. The quantitative estimate of drug-likeness (QED) is 0.833. The number of halogens is 1. The zero-order valence-electron chi connectivity index (χ0n) is 9.81. The van der Waals surface area contributed by atoms with Crippen molar-refractivity contribution in [2.45, 2.75) is 6.92 Å². The van der Waals surface area contributed by atoms with Crippen LogP contribution in [-0.4, -0.2) is 20.6 Å². The van der Waals surface area contributed by atoms with Gasteiger partial charge in [-0.3, -0.25) is 14.3 Å². The van der Waals surface area contributed by atoms with Crippen molar-refractivity contribution in [3.05, 3.63) is 62.2 Å². The van der Waals surface area contributed by atoms with E-state index < -0.39 is 28.6 Å². The van der Waals surface area contributed by atoms with Crippen molar-refractivity contribution in [1.29, 1.82) is 0 Å². The van der Waals surface area contributed by atoms with Crippen molar-refractivity contribution in [3.63, 3.8) is 0 Å². The lowest BCUT2D eigenvalue weighted by Crippen LogP contribution is -2.32. The van der Waals surface area contributed by atoms with Gasteiger partial charge in [-0.25, -0.2) is 14.0 Å². The number of aromatic carboxylic acids is 1. The van der Waals surface area contributed by atoms with Gasteiger partial charge in [0.2, 0.25) is 0 Å². The molecule has 6 nitrogen and oxygen atoms in total. The van der Waals surface area contributed by atoms with E-state index in [0.29, 0.717) is 5.56 Å². The van der Waals surface area contributed by atoms with E-state index in [2.05, 4.69) is 0 Å². The fourth-order valence-corrected chi connectivity index (χ4v) is 1.59. The molecule has 7 heteroatoms. The maximum absolute atomic E-state index is 13.1. The van der Waals surface area contributed by atoms with Gasteiger partial charge in [0.15, 0.2) is 0 Å². The Balaban J connectivity index is 2.71. The molecule has 0 atom stereocenters. The third kappa shape index (κ3) is 2.30. The van der Waals surface area contributed by atoms with Crippen LogP contribution in [0.5, 0.6) is 0 Å². The number of benzene rings is 1. The van der Waals surface area contributed by atoms with Crippen LogP contribution >= 0.6 is 0 Å². The number of carboxylic acids is 1. The molecule has 0 aliphatic rings. The second kappa shape index (κ2) is 4.52. The third-order valence-corrected chi connectivity index (χ3v) is 2.59. The Morgan fingerprint density at radius 2 is 2.05 bits per heavy atom. The first-order valence-corrected chi connectivity index (χ1v) is 5.26. The molecule has 0 amide bonds. The van der Waals surface area contributed by atoms with Crippen LogP contribution in [0.1, 0.15) is 15.9 Å². The van der Waals surface area contributed by atoms with Gasteiger partial charge in [0.1, 0.15) is 11.4 Å². The van der Waals surface area contributed by atoms with Crippen LogP contribution in [-0.2, 0) is 0 Å². The molecule has 0 fully saturated rings. The molecule has 2 rings (SSSR count). The minimum atomic E-state index is -1.45. The highest BCUT2D eigenvalue weighted by atomic mass is 19.1. The number of carboxylic acid groups (broad SMARTS) is 1. The van der Waals surface area contributed by atoms with Gasteiger partial charge in [-0.2, -0.15) is 0 Å². The van der Waals surface area contributed by atoms with Gasteiger partial charge in [-0.1, -0.05) is 0 Å². The second-order valence-corrected chi connectivity index (χ2v) is 3.91. The minimum absolute atomic E-state index is 0.266. The Labute approximate surface area is 105 Å². The number of aromatic amines is 1. The molecule has 98 valence electrons. The van der Waals surface area contributed by atoms with Crippen molar-refractivity contribution < 1.29 is 14.3 Å². The van der Waals surface area contributed by atoms with Crippen LogP contribution in [0, 0.1) is 12.7 Å². The molecule has 0 aliphatic carbocycles. The number of hydrogen-bond acceptors (Lipinski definition) is 3. The summed E-state index contributed by atoms with van der Waals surface area (Å²) >= 11 is 0. The molecular formula is C12H9FN2O4. The highest BCUT2D eigenvalue weighted by Crippen LogP contribution is 2.11. The summed E-state index contributed by atoms with van der Waals surface area (Å²) in [5.74, 6) is -1.89. The van der Waals surface area contributed by atoms with Gasteiger partial charge in [0, 0.05) is 6.20 Å². The summed E-state index contributed by atoms with van der Waals surface area (Å²) in [6.45, 7) is 1.51. The summed E-state index contributed by atoms with van der Waals surface area (Å²) < 4.78 is 14.1. The van der Waals surface area contributed by atoms with Gasteiger partial charge >= 0.3 is 11.7 Å². The molecule has 1 aromatic carbocycles. The Morgan fingerprint density at radius 3 is 2.63 bits per heavy atom. The fraction of sp³-hybridized carbons (Fsp3) is 0.0833. The number of H-pyrrole nitrogens is 1. The lowest BCUT2D eigenvalue weighted by molar-refractivity contribution is 0.0694. The predicted octanol–water partition coefficient (Wildman–Crippen LogP) is 0.672. The summed E-state index contributed by atoms with van der Waals surface area (Å²) in [4.78, 5) is 35.6. The molecule has 19 heavy (non-hydrogen) atoms. The molecule has 0 unspecified atom stereocenters. The van der Waals surface area contributed by atoms with E-state index in [1.807, 2.05) is 4.98 Å². The van der Waals surface area contributed by atoms with E-state index in [9.17, 15) is 18.8 Å². The van der Waals surface area contributed by atoms with E-state index in [0.717, 1.165) is 16.8 Å². The van der Waals surface area contributed by atoms with E-state index >= 15 is 0 Å². The van der Waals surface area contributed by atoms with Gasteiger partial charge in [-0.05, 0) is 30.7 Å². The van der Waals surface area contributed by atoms with E-state index in [-0.39, 0.29) is 5.69 Å². The normalized spacial score (nSPS) is 10.4. The fourth-order valence-electron chi connectivity index (χ4n) is 1.59. The van der Waals surface area contributed by atoms with Crippen molar-refractivity contribution in [2.24, 2.45) is 0 Å². The number of aryl methyl sites for hydroxylation is 1. The number of hydrogen-bond donors (Lipinski definition) is 2. The lowest BCUT2D eigenvalue weighted by Gasteiger charge is -2.07. The van der Waals surface area contributed by atoms with Gasteiger partial charge in [0.05, 0.1) is 5.69 Å². The Kier molecular flexibility index (Phi) is 3.04. The number of aromatic nitrogens is 2. The van der Waals surface area contributed by atoms with E-state index in [1.54, 1.807) is 0 Å². The Hall–Kier alpha value is -2.70. The minimum Gasteiger partial charge on any atom is -0.477 e. The first-order valence-electron chi connectivity index (χ1n) is 5.26. The molecule has 0 aliphatic heterocycles. The molecular weight excluding hydrogens is 255 g/mol. The molecule has 0 bridgehead atoms. The summed E-state index contributed by atoms with van der Waals surface area (Å²) in [6.07, 6.45) is 0.913. The summed E-state index contributed by atoms with van der Waals surface area (Å²) in [6, 6.07) is 3.84. The van der Waals surface area contributed by atoms with E-state index in [4.69, 9.17) is 5.11 Å². The predicted molar refractivity (Wildman–Crippen MR) is 64.3 cm³/mol. The summed E-state index contributed by atoms with van der Waals surface area (Å²) in [5.41, 5.74) is -1.77. The molecule has 2 N–H and O–H groups in total. The first kappa shape index (κ1) is 12.7. The summed E-state index contributed by atoms with van der Waals surface area (Å²) in [5, 5.41) is 8.83. The highest BCUT2D eigenvalue weighted by Gasteiger charge is 2.12. The maximum atomic E-state index is 13.1. The number of nitrogens with one attached hydrogen (secondary N) is 1. The van der Waals surface area contributed by atoms with Gasteiger partial charge < -0.3 is 5.11 Å². The second-order valence-electron chi connectivity index (χ2n) is 3.91. The Bertz CT molecular complexity index is 776. The smallest absolute Gasteiger partial charge is 0.342 e. The van der Waals surface area contributed by atoms with Crippen LogP contribution in [0.4, 0.5) is 4.39 Å². The van der Waals surface area contributed by atoms with Crippen molar-refractivity contribution in [1.82, 2.24) is 9.55 Å². The molecule has 1 heterocycles. The molecule has 0 saturated heterocycles. The zero-order chi connectivity index (χ0) is 14.2. The largest absolute Gasteiger partial charge is 0.477 e. The molecule has 0 radical (unpaired) electrons. The standard InChI is InChI=1S/C12H9FN2O4/c1-6-4-7(2-3-9(6)13)15-5-8(11(17)18)10(16)14-12(15)19/h2-5H,1H3,(H,17,18)(H,14,16,19). The molecule has 0 spiro atoms. The summed E-state index contributed by atoms with van der Waals surface area (Å²) in [7, 11) is 0. The lowest BCUT2D eigenvalue weighted by atomic mass is 10.2. The van der Waals surface area contributed by atoms with Crippen LogP contribution in [0.25, 0.3) is 5.69 Å². The third-order valence-electron chi connectivity index (χ3n) is 2.59. The first-order chi connectivity index (χ1) is 8.90. The number of nitrogens with zero attached hydrogens (tertiary/aromatic N) is 1. The van der Waals surface area contributed by atoms with Crippen molar-refractivity contribution >= 4 is 5.97 Å². The van der Waals surface area contributed by atoms with Crippen LogP contribution in [0.15, 0.2) is 34.0 Å². The highest BCUT2D eigenvalue weighted by molar-refractivity contribution is 5.86. The average Bonchev–Trinajstić information content (AvgIpc) is 2.32. The van der Waals surface area contributed by atoms with Gasteiger partial charge in [0.25, 0.3) is 5.56 Å². The Morgan fingerprint density at radius 1 is 1.37 bits per heavy atom. The maximum Gasteiger partial charge on any atom is 0.342 e. The molecule has 0 saturated carbocycles. The van der Waals surface area contributed by atoms with Crippen molar-refractivity contribution in [3.8, 4) is 5.69 Å². The monoisotopic (exact) mass is 264 g/mol. The molecule has 2 aromatic rings. The zero-order valence-corrected chi connectivity index (χ0v) is 9.81. The number of rotatable bonds is 2. The van der Waals surface area contributed by atoms with Crippen LogP contribution in [0.3, 0.4) is 0 Å². The average molecular weight is 264 g/mol. The van der Waals surface area contributed by atoms with Crippen LogP contribution in [0.2, 0.25) is 0 Å². The van der Waals surface area contributed by atoms with Gasteiger partial charge in [-0.15, -0.1) is 0 Å². The van der Waals surface area contributed by atoms with E-state index in [1.165, 1.54) is 19.1 Å². The molecule has 1 aromatic heterocycles. The van der Waals surface area contributed by atoms with Crippen LogP contribution < -0.4 is 11.2 Å². The van der Waals surface area contributed by atoms with Crippen molar-refractivity contribution in [2.75, 3.05) is 0 Å². The topological polar surface area (TPSA) is 92.2 Å². The number of carbonyl (C=O) groups is 1.